The molecule has 0 aliphatic carbocycles. The second kappa shape index (κ2) is 7.13. The smallest absolute Gasteiger partial charge is 0.288 e. The number of rotatable bonds is 4. The highest BCUT2D eigenvalue weighted by Crippen LogP contribution is 2.42. The van der Waals surface area contributed by atoms with Crippen LogP contribution in [0.1, 0.15) is 17.2 Å². The number of aromatic amines is 1. The number of phenolic OH excluding ortho intramolecular Hbond substituents is 1. The fourth-order valence-electron chi connectivity index (χ4n) is 3.68. The maximum Gasteiger partial charge on any atom is 0.288 e. The lowest BCUT2D eigenvalue weighted by atomic mass is 9.92. The number of hydrogen-bond donors (Lipinski definition) is 3. The van der Waals surface area contributed by atoms with E-state index in [4.69, 9.17) is 9.47 Å². The van der Waals surface area contributed by atoms with Crippen molar-refractivity contribution in [1.82, 2.24) is 30.4 Å². The van der Waals surface area contributed by atoms with E-state index < -0.39 is 11.6 Å². The predicted octanol–water partition coefficient (Wildman–Crippen LogP) is 1.84. The SMILES string of the molecule is COc1ccc(-c2n[nH]c(=O)c3c2[C@H](c2ccc(O)c(OC)c2)n2nnnc2N3)cc1. The average Bonchev–Trinajstić information content (AvgIpc) is 3.27. The third-order valence-electron chi connectivity index (χ3n) is 5.15. The van der Waals surface area contributed by atoms with Crippen LogP contribution in [0.15, 0.2) is 47.3 Å². The Morgan fingerprint density at radius 2 is 1.90 bits per heavy atom. The molecule has 0 radical (unpaired) electrons. The van der Waals surface area contributed by atoms with Crippen LogP contribution in [0.3, 0.4) is 0 Å². The largest absolute Gasteiger partial charge is 0.504 e. The Morgan fingerprint density at radius 1 is 1.10 bits per heavy atom. The summed E-state index contributed by atoms with van der Waals surface area (Å²) >= 11 is 0. The van der Waals surface area contributed by atoms with Crippen LogP contribution >= 0.6 is 0 Å². The summed E-state index contributed by atoms with van der Waals surface area (Å²) in [5.74, 6) is 1.29. The summed E-state index contributed by atoms with van der Waals surface area (Å²) in [6, 6.07) is 11.7. The molecule has 2 aromatic carbocycles. The third-order valence-corrected chi connectivity index (χ3v) is 5.15. The van der Waals surface area contributed by atoms with Crippen molar-refractivity contribution in [3.05, 3.63) is 63.9 Å². The van der Waals surface area contributed by atoms with Gasteiger partial charge in [0.2, 0.25) is 5.95 Å². The standard InChI is InChI=1S/C20H17N7O4/c1-30-12-6-3-10(4-7-12)16-15-17(19(29)23-22-16)21-20-24-25-26-27(20)18(15)11-5-8-13(28)14(9-11)31-2/h3-9,18,28H,1-2H3,(H,23,29)(H,21,24,26)/t18-/m0/s1. The fourth-order valence-corrected chi connectivity index (χ4v) is 3.68. The molecule has 4 aromatic rings. The average molecular weight is 419 g/mol. The lowest BCUT2D eigenvalue weighted by Crippen LogP contribution is -2.29. The van der Waals surface area contributed by atoms with Crippen LogP contribution in [0.4, 0.5) is 11.6 Å². The second-order valence-corrected chi connectivity index (χ2v) is 6.82. The van der Waals surface area contributed by atoms with Gasteiger partial charge in [-0.3, -0.25) is 4.79 Å². The number of aromatic hydroxyl groups is 1. The van der Waals surface area contributed by atoms with E-state index in [0.29, 0.717) is 34.2 Å². The van der Waals surface area contributed by atoms with Crippen molar-refractivity contribution in [2.45, 2.75) is 6.04 Å². The highest BCUT2D eigenvalue weighted by atomic mass is 16.5. The van der Waals surface area contributed by atoms with E-state index in [1.54, 1.807) is 23.9 Å². The summed E-state index contributed by atoms with van der Waals surface area (Å²) in [7, 11) is 3.05. The zero-order valence-corrected chi connectivity index (χ0v) is 16.5. The van der Waals surface area contributed by atoms with Crippen molar-refractivity contribution in [3.63, 3.8) is 0 Å². The number of nitrogens with one attached hydrogen (secondary N) is 2. The van der Waals surface area contributed by atoms with Gasteiger partial charge in [0.25, 0.3) is 5.56 Å². The molecule has 0 unspecified atom stereocenters. The van der Waals surface area contributed by atoms with Crippen molar-refractivity contribution in [2.75, 3.05) is 19.5 Å². The number of aromatic nitrogens is 6. The van der Waals surface area contributed by atoms with Gasteiger partial charge in [-0.1, -0.05) is 11.2 Å². The monoisotopic (exact) mass is 419 g/mol. The zero-order chi connectivity index (χ0) is 21.5. The Kier molecular flexibility index (Phi) is 4.28. The maximum atomic E-state index is 12.7. The van der Waals surface area contributed by atoms with Crippen LogP contribution in [0, 0.1) is 0 Å². The van der Waals surface area contributed by atoms with E-state index in [-0.39, 0.29) is 11.5 Å². The van der Waals surface area contributed by atoms with Crippen LogP contribution in [-0.2, 0) is 0 Å². The van der Waals surface area contributed by atoms with E-state index in [9.17, 15) is 9.90 Å². The van der Waals surface area contributed by atoms with Gasteiger partial charge in [-0.15, -0.1) is 0 Å². The molecule has 1 atom stereocenters. The molecule has 3 N–H and O–H groups in total. The van der Waals surface area contributed by atoms with Crippen LogP contribution in [0.5, 0.6) is 17.2 Å². The predicted molar refractivity (Wildman–Crippen MR) is 110 cm³/mol. The summed E-state index contributed by atoms with van der Waals surface area (Å²) in [5, 5.41) is 31.8. The van der Waals surface area contributed by atoms with Gasteiger partial charge >= 0.3 is 0 Å². The topological polar surface area (TPSA) is 140 Å². The third kappa shape index (κ3) is 2.94. The van der Waals surface area contributed by atoms with Gasteiger partial charge < -0.3 is 19.9 Å². The number of ether oxygens (including phenoxy) is 2. The van der Waals surface area contributed by atoms with Crippen molar-refractivity contribution in [3.8, 4) is 28.5 Å². The number of hydrogen-bond acceptors (Lipinski definition) is 9. The van der Waals surface area contributed by atoms with Crippen LogP contribution in [0.25, 0.3) is 11.3 Å². The molecule has 5 rings (SSSR count). The van der Waals surface area contributed by atoms with Crippen LogP contribution in [-0.4, -0.2) is 49.7 Å². The molecule has 0 spiro atoms. The molecule has 2 aromatic heterocycles. The van der Waals surface area contributed by atoms with Gasteiger partial charge in [0.05, 0.1) is 19.9 Å². The van der Waals surface area contributed by atoms with Gasteiger partial charge in [-0.2, -0.15) is 9.78 Å². The first-order valence-corrected chi connectivity index (χ1v) is 9.29. The number of phenols is 1. The summed E-state index contributed by atoms with van der Waals surface area (Å²) in [4.78, 5) is 12.7. The fraction of sp³-hybridized carbons (Fsp3) is 0.150. The molecular formula is C20H17N7O4. The van der Waals surface area contributed by atoms with E-state index in [2.05, 4.69) is 31.0 Å². The molecule has 11 heteroatoms. The molecule has 0 fully saturated rings. The molecule has 0 amide bonds. The Hall–Kier alpha value is -4.41. The normalized spacial score (nSPS) is 14.3. The van der Waals surface area contributed by atoms with Gasteiger partial charge in [-0.25, -0.2) is 5.10 Å². The van der Waals surface area contributed by atoms with Crippen molar-refractivity contribution in [2.24, 2.45) is 0 Å². The Labute approximate surface area is 175 Å². The molecule has 1 aliphatic rings. The number of methoxy groups -OCH3 is 2. The number of benzene rings is 2. The highest BCUT2D eigenvalue weighted by Gasteiger charge is 2.34. The first-order chi connectivity index (χ1) is 15.1. The van der Waals surface area contributed by atoms with Gasteiger partial charge in [0.15, 0.2) is 11.5 Å². The second-order valence-electron chi connectivity index (χ2n) is 6.82. The van der Waals surface area contributed by atoms with Crippen molar-refractivity contribution in [1.29, 1.82) is 0 Å². The summed E-state index contributed by atoms with van der Waals surface area (Å²) in [5.41, 5.74) is 2.48. The van der Waals surface area contributed by atoms with Gasteiger partial charge in [-0.05, 0) is 52.4 Å². The molecule has 0 saturated carbocycles. The summed E-state index contributed by atoms with van der Waals surface area (Å²) in [6.07, 6.45) is 0. The highest BCUT2D eigenvalue weighted by molar-refractivity contribution is 5.75. The molecule has 3 heterocycles. The number of H-pyrrole nitrogens is 1. The van der Waals surface area contributed by atoms with Gasteiger partial charge in [0.1, 0.15) is 17.5 Å². The van der Waals surface area contributed by atoms with Gasteiger partial charge in [0, 0.05) is 11.1 Å². The summed E-state index contributed by atoms with van der Waals surface area (Å²) < 4.78 is 12.1. The Bertz CT molecular complexity index is 1330. The minimum absolute atomic E-state index is 0.00300. The quantitative estimate of drug-likeness (QED) is 0.398. The van der Waals surface area contributed by atoms with Crippen molar-refractivity contribution < 1.29 is 14.6 Å². The van der Waals surface area contributed by atoms with E-state index >= 15 is 0 Å². The van der Waals surface area contributed by atoms with Crippen molar-refractivity contribution >= 4 is 11.6 Å². The lowest BCUT2D eigenvalue weighted by molar-refractivity contribution is 0.372. The molecule has 156 valence electrons. The lowest BCUT2D eigenvalue weighted by Gasteiger charge is -2.28. The molecule has 31 heavy (non-hydrogen) atoms. The molecular weight excluding hydrogens is 402 g/mol. The molecule has 11 nitrogen and oxygen atoms in total. The molecule has 0 saturated heterocycles. The van der Waals surface area contributed by atoms with E-state index in [0.717, 1.165) is 5.56 Å². The van der Waals surface area contributed by atoms with E-state index in [1.807, 2.05) is 24.3 Å². The first-order valence-electron chi connectivity index (χ1n) is 9.29. The number of fused-ring (bicyclic) bond motifs is 2. The van der Waals surface area contributed by atoms with Crippen LogP contribution < -0.4 is 20.3 Å². The maximum absolute atomic E-state index is 12.7. The number of nitrogens with zero attached hydrogens (tertiary/aromatic N) is 5. The number of tetrazole rings is 1. The molecule has 1 aliphatic heterocycles. The number of anilines is 2. The minimum Gasteiger partial charge on any atom is -0.504 e. The zero-order valence-electron chi connectivity index (χ0n) is 16.5. The first kappa shape index (κ1) is 18.6. The van der Waals surface area contributed by atoms with E-state index in [1.165, 1.54) is 13.2 Å². The minimum atomic E-state index is -0.595. The molecule has 0 bridgehead atoms. The Morgan fingerprint density at radius 3 is 2.65 bits per heavy atom. The van der Waals surface area contributed by atoms with Crippen LogP contribution in [0.2, 0.25) is 0 Å². The summed E-state index contributed by atoms with van der Waals surface area (Å²) in [6.45, 7) is 0. The Balaban J connectivity index is 1.78.